The Morgan fingerprint density at radius 1 is 1.17 bits per heavy atom. The predicted molar refractivity (Wildman–Crippen MR) is 112 cm³/mol. The normalized spacial score (nSPS) is 15.5. The van der Waals surface area contributed by atoms with E-state index in [9.17, 15) is 4.79 Å². The Labute approximate surface area is 171 Å². The summed E-state index contributed by atoms with van der Waals surface area (Å²) in [5.41, 5.74) is 2.33. The van der Waals surface area contributed by atoms with Crippen LogP contribution in [0.5, 0.6) is 5.75 Å². The van der Waals surface area contributed by atoms with E-state index in [1.807, 2.05) is 48.5 Å². The molecule has 1 atom stereocenters. The third-order valence-electron chi connectivity index (χ3n) is 5.63. The van der Waals surface area contributed by atoms with E-state index in [4.69, 9.17) is 9.26 Å². The first-order valence-electron chi connectivity index (χ1n) is 10.1. The number of aryl methyl sites for hydroxylation is 1. The second-order valence-corrected chi connectivity index (χ2v) is 7.79. The molecule has 29 heavy (non-hydrogen) atoms. The molecular formula is C24H26N2O3. The molecule has 1 fully saturated rings. The van der Waals surface area contributed by atoms with Gasteiger partial charge in [-0.3, -0.25) is 4.79 Å². The molecule has 3 aromatic rings. The second-order valence-electron chi connectivity index (χ2n) is 7.79. The molecule has 2 aromatic carbocycles. The molecule has 0 aliphatic heterocycles. The van der Waals surface area contributed by atoms with Crippen LogP contribution in [-0.2, 0) is 16.6 Å². The maximum atomic E-state index is 13.0. The molecule has 1 amide bonds. The van der Waals surface area contributed by atoms with E-state index in [0.29, 0.717) is 11.5 Å². The van der Waals surface area contributed by atoms with E-state index in [2.05, 4.69) is 29.5 Å². The SMILES string of the molecule is COc1cccc(-c2cc(C3(C(=O)NC(C)CCc4ccccc4)CC3)no2)c1. The monoisotopic (exact) mass is 390 g/mol. The van der Waals surface area contributed by atoms with Crippen molar-refractivity contribution in [3.63, 3.8) is 0 Å². The van der Waals surface area contributed by atoms with Crippen LogP contribution in [0.2, 0.25) is 0 Å². The first kappa shape index (κ1) is 19.2. The van der Waals surface area contributed by atoms with Crippen LogP contribution in [0, 0.1) is 0 Å². The van der Waals surface area contributed by atoms with Crippen LogP contribution >= 0.6 is 0 Å². The smallest absolute Gasteiger partial charge is 0.232 e. The highest BCUT2D eigenvalue weighted by Crippen LogP contribution is 2.48. The van der Waals surface area contributed by atoms with Crippen LogP contribution in [0.15, 0.2) is 65.2 Å². The lowest BCUT2D eigenvalue weighted by atomic mass is 9.99. The molecule has 1 heterocycles. The van der Waals surface area contributed by atoms with Crippen LogP contribution in [0.1, 0.15) is 37.4 Å². The van der Waals surface area contributed by atoms with Crippen molar-refractivity contribution in [2.75, 3.05) is 7.11 Å². The maximum absolute atomic E-state index is 13.0. The Morgan fingerprint density at radius 2 is 1.97 bits per heavy atom. The summed E-state index contributed by atoms with van der Waals surface area (Å²) in [5.74, 6) is 1.45. The van der Waals surface area contributed by atoms with Gasteiger partial charge in [-0.15, -0.1) is 0 Å². The van der Waals surface area contributed by atoms with Gasteiger partial charge in [-0.25, -0.2) is 0 Å². The van der Waals surface area contributed by atoms with Crippen molar-refractivity contribution in [3.05, 3.63) is 71.9 Å². The zero-order chi connectivity index (χ0) is 20.3. The average molecular weight is 390 g/mol. The Hall–Kier alpha value is -3.08. The van der Waals surface area contributed by atoms with Gasteiger partial charge in [0.05, 0.1) is 18.2 Å². The molecule has 1 unspecified atom stereocenters. The third-order valence-corrected chi connectivity index (χ3v) is 5.63. The zero-order valence-corrected chi connectivity index (χ0v) is 16.9. The summed E-state index contributed by atoms with van der Waals surface area (Å²) in [4.78, 5) is 13.0. The summed E-state index contributed by atoms with van der Waals surface area (Å²) in [6.45, 7) is 2.06. The van der Waals surface area contributed by atoms with Crippen molar-refractivity contribution >= 4 is 5.91 Å². The number of amides is 1. The van der Waals surface area contributed by atoms with Gasteiger partial charge in [0.25, 0.3) is 0 Å². The topological polar surface area (TPSA) is 64.4 Å². The maximum Gasteiger partial charge on any atom is 0.232 e. The highest BCUT2D eigenvalue weighted by Gasteiger charge is 2.54. The number of carbonyl (C=O) groups is 1. The number of carbonyl (C=O) groups excluding carboxylic acids is 1. The molecule has 0 radical (unpaired) electrons. The molecule has 1 saturated carbocycles. The van der Waals surface area contributed by atoms with Crippen LogP contribution in [0.4, 0.5) is 0 Å². The number of hydrogen-bond acceptors (Lipinski definition) is 4. The van der Waals surface area contributed by atoms with Crippen LogP contribution in [-0.4, -0.2) is 24.2 Å². The van der Waals surface area contributed by atoms with Gasteiger partial charge in [0.15, 0.2) is 5.76 Å². The summed E-state index contributed by atoms with van der Waals surface area (Å²) in [6.07, 6.45) is 3.45. The Kier molecular flexibility index (Phi) is 5.38. The quantitative estimate of drug-likeness (QED) is 0.614. The van der Waals surface area contributed by atoms with Gasteiger partial charge < -0.3 is 14.6 Å². The second kappa shape index (κ2) is 8.11. The fourth-order valence-corrected chi connectivity index (χ4v) is 3.60. The van der Waals surface area contributed by atoms with Gasteiger partial charge in [0.2, 0.25) is 5.91 Å². The van der Waals surface area contributed by atoms with Crippen molar-refractivity contribution in [2.24, 2.45) is 0 Å². The fourth-order valence-electron chi connectivity index (χ4n) is 3.60. The van der Waals surface area contributed by atoms with E-state index in [0.717, 1.165) is 37.0 Å². The van der Waals surface area contributed by atoms with Crippen LogP contribution in [0.25, 0.3) is 11.3 Å². The van der Waals surface area contributed by atoms with E-state index >= 15 is 0 Å². The Balaban J connectivity index is 1.41. The Morgan fingerprint density at radius 3 is 2.69 bits per heavy atom. The molecule has 0 bridgehead atoms. The van der Waals surface area contributed by atoms with E-state index < -0.39 is 5.41 Å². The Bertz CT molecular complexity index is 977. The molecule has 4 rings (SSSR count). The minimum absolute atomic E-state index is 0.0450. The molecule has 150 valence electrons. The molecular weight excluding hydrogens is 364 g/mol. The molecule has 1 aromatic heterocycles. The van der Waals surface area contributed by atoms with E-state index in [-0.39, 0.29) is 11.9 Å². The number of aromatic nitrogens is 1. The van der Waals surface area contributed by atoms with Crippen molar-refractivity contribution in [1.29, 1.82) is 0 Å². The number of nitrogens with zero attached hydrogens (tertiary/aromatic N) is 1. The van der Waals surface area contributed by atoms with Gasteiger partial charge in [-0.1, -0.05) is 47.6 Å². The van der Waals surface area contributed by atoms with Crippen molar-refractivity contribution in [3.8, 4) is 17.1 Å². The van der Waals surface area contributed by atoms with Crippen molar-refractivity contribution in [1.82, 2.24) is 10.5 Å². The van der Waals surface area contributed by atoms with Gasteiger partial charge >= 0.3 is 0 Å². The number of nitrogens with one attached hydrogen (secondary N) is 1. The lowest BCUT2D eigenvalue weighted by Crippen LogP contribution is -2.40. The minimum atomic E-state index is -0.554. The third kappa shape index (κ3) is 4.19. The van der Waals surface area contributed by atoms with Gasteiger partial charge in [0.1, 0.15) is 5.75 Å². The number of rotatable bonds is 8. The summed E-state index contributed by atoms with van der Waals surface area (Å²) >= 11 is 0. The molecule has 5 heteroatoms. The zero-order valence-electron chi connectivity index (χ0n) is 16.9. The minimum Gasteiger partial charge on any atom is -0.497 e. The van der Waals surface area contributed by atoms with Crippen LogP contribution in [0.3, 0.4) is 0 Å². The predicted octanol–water partition coefficient (Wildman–Crippen LogP) is 4.52. The standard InChI is InChI=1S/C24H26N2O3/c1-17(11-12-18-7-4-3-5-8-18)25-23(27)24(13-14-24)22-16-21(29-26-22)19-9-6-10-20(15-19)28-2/h3-10,15-17H,11-14H2,1-2H3,(H,25,27). The highest BCUT2D eigenvalue weighted by molar-refractivity contribution is 5.91. The van der Waals surface area contributed by atoms with Gasteiger partial charge in [0, 0.05) is 17.7 Å². The highest BCUT2D eigenvalue weighted by atomic mass is 16.5. The fraction of sp³-hybridized carbons (Fsp3) is 0.333. The number of ether oxygens (including phenoxy) is 1. The van der Waals surface area contributed by atoms with Gasteiger partial charge in [-0.05, 0) is 50.3 Å². The lowest BCUT2D eigenvalue weighted by molar-refractivity contribution is -0.124. The van der Waals surface area contributed by atoms with Crippen molar-refractivity contribution < 1.29 is 14.1 Å². The van der Waals surface area contributed by atoms with E-state index in [1.165, 1.54) is 5.56 Å². The van der Waals surface area contributed by atoms with Crippen molar-refractivity contribution in [2.45, 2.75) is 44.1 Å². The summed E-state index contributed by atoms with van der Waals surface area (Å²) in [5, 5.41) is 7.41. The first-order valence-corrected chi connectivity index (χ1v) is 10.1. The number of methoxy groups -OCH3 is 1. The molecule has 1 N–H and O–H groups in total. The first-order chi connectivity index (χ1) is 14.1. The summed E-state index contributed by atoms with van der Waals surface area (Å²) in [6, 6.07) is 20.0. The molecule has 5 nitrogen and oxygen atoms in total. The molecule has 1 aliphatic rings. The summed E-state index contributed by atoms with van der Waals surface area (Å²) < 4.78 is 10.8. The number of benzene rings is 2. The molecule has 1 aliphatic carbocycles. The number of hydrogen-bond donors (Lipinski definition) is 1. The van der Waals surface area contributed by atoms with E-state index in [1.54, 1.807) is 7.11 Å². The van der Waals surface area contributed by atoms with Crippen LogP contribution < -0.4 is 10.1 Å². The molecule has 0 spiro atoms. The lowest BCUT2D eigenvalue weighted by Gasteiger charge is -2.18. The summed E-state index contributed by atoms with van der Waals surface area (Å²) in [7, 11) is 1.63. The average Bonchev–Trinajstić information content (AvgIpc) is 3.42. The molecule has 0 saturated heterocycles. The van der Waals surface area contributed by atoms with Gasteiger partial charge in [-0.2, -0.15) is 0 Å². The largest absolute Gasteiger partial charge is 0.497 e.